The van der Waals surface area contributed by atoms with Gasteiger partial charge >= 0.3 is 6.03 Å². The van der Waals surface area contributed by atoms with Gasteiger partial charge in [0.1, 0.15) is 12.2 Å². The first-order valence-corrected chi connectivity index (χ1v) is 12.8. The van der Waals surface area contributed by atoms with Crippen LogP contribution in [0.5, 0.6) is 11.5 Å². The van der Waals surface area contributed by atoms with Crippen molar-refractivity contribution in [3.63, 3.8) is 0 Å². The molecule has 39 heavy (non-hydrogen) atoms. The van der Waals surface area contributed by atoms with Crippen LogP contribution in [0.15, 0.2) is 84.4 Å². The largest absolute Gasteiger partial charge is 0.490 e. The molecule has 0 aliphatic carbocycles. The molecule has 4 amide bonds. The molecule has 7 nitrogen and oxygen atoms in total. The van der Waals surface area contributed by atoms with E-state index in [2.05, 4.69) is 23.5 Å². The number of nitrogens with one attached hydrogen (secondary N) is 1. The average Bonchev–Trinajstić information content (AvgIpc) is 2.93. The molecule has 1 fully saturated rings. The number of nitrogens with zero attached hydrogens (tertiary/aromatic N) is 1. The summed E-state index contributed by atoms with van der Waals surface area (Å²) in [6.07, 6.45) is 1.42. The van der Waals surface area contributed by atoms with Crippen LogP contribution in [0.2, 0.25) is 5.02 Å². The van der Waals surface area contributed by atoms with Gasteiger partial charge in [-0.1, -0.05) is 66.2 Å². The molecule has 0 saturated carbocycles. The van der Waals surface area contributed by atoms with Crippen LogP contribution < -0.4 is 19.7 Å². The number of hydrogen-bond donors (Lipinski definition) is 1. The summed E-state index contributed by atoms with van der Waals surface area (Å²) in [4.78, 5) is 39.5. The summed E-state index contributed by atoms with van der Waals surface area (Å²) < 4.78 is 11.9. The minimum absolute atomic E-state index is 0.194. The van der Waals surface area contributed by atoms with Crippen molar-refractivity contribution >= 4 is 52.0 Å². The van der Waals surface area contributed by atoms with Gasteiger partial charge in [0, 0.05) is 5.02 Å². The third-order valence-corrected chi connectivity index (χ3v) is 6.83. The molecular weight excluding hydrogens is 516 g/mol. The molecule has 8 heteroatoms. The molecule has 1 saturated heterocycles. The van der Waals surface area contributed by atoms with Crippen LogP contribution in [0, 0.1) is 6.92 Å². The third kappa shape index (κ3) is 5.22. The van der Waals surface area contributed by atoms with Crippen molar-refractivity contribution < 1.29 is 23.9 Å². The van der Waals surface area contributed by atoms with Gasteiger partial charge in [-0.25, -0.2) is 9.69 Å². The minimum atomic E-state index is -0.834. The first-order chi connectivity index (χ1) is 18.9. The predicted molar refractivity (Wildman–Crippen MR) is 151 cm³/mol. The van der Waals surface area contributed by atoms with Crippen molar-refractivity contribution in [3.8, 4) is 11.5 Å². The summed E-state index contributed by atoms with van der Waals surface area (Å²) in [7, 11) is 0. The zero-order valence-corrected chi connectivity index (χ0v) is 22.1. The highest BCUT2D eigenvalue weighted by Gasteiger charge is 2.37. The number of barbiturate groups is 1. The van der Waals surface area contributed by atoms with Crippen LogP contribution in [0.25, 0.3) is 16.8 Å². The standard InChI is InChI=1S/C31H25ClN2O5/c1-3-38-28-17-20(14-15-27(28)39-18-22-10-6-9-21-8-4-5-11-23(21)22)16-24-29(35)33-31(37)34(30(24)36)26-13-7-12-25(32)19(26)2/h4-17H,3,18H2,1-2H3,(H,33,35,37)/b24-16+. The summed E-state index contributed by atoms with van der Waals surface area (Å²) in [5, 5.41) is 4.87. The van der Waals surface area contributed by atoms with Crippen molar-refractivity contribution in [2.75, 3.05) is 11.5 Å². The number of imide groups is 2. The molecule has 0 aromatic heterocycles. The second-order valence-corrected chi connectivity index (χ2v) is 9.32. The number of benzene rings is 4. The lowest BCUT2D eigenvalue weighted by atomic mass is 10.0. The van der Waals surface area contributed by atoms with Crippen LogP contribution in [-0.2, 0) is 16.2 Å². The Morgan fingerprint density at radius 1 is 0.897 bits per heavy atom. The Kier molecular flexibility index (Phi) is 7.34. The van der Waals surface area contributed by atoms with E-state index in [4.69, 9.17) is 21.1 Å². The SMILES string of the molecule is CCOc1cc(/C=C2\C(=O)NC(=O)N(c3cccc(Cl)c3C)C2=O)ccc1OCc1cccc2ccccc12. The van der Waals surface area contributed by atoms with Crippen molar-refractivity contribution in [1.29, 1.82) is 0 Å². The maximum atomic E-state index is 13.3. The fraction of sp³-hybridized carbons (Fsp3) is 0.129. The van der Waals surface area contributed by atoms with E-state index in [1.54, 1.807) is 43.3 Å². The topological polar surface area (TPSA) is 84.9 Å². The van der Waals surface area contributed by atoms with Crippen molar-refractivity contribution in [1.82, 2.24) is 5.32 Å². The highest BCUT2D eigenvalue weighted by atomic mass is 35.5. The molecule has 196 valence electrons. The van der Waals surface area contributed by atoms with E-state index >= 15 is 0 Å². The number of ether oxygens (including phenoxy) is 2. The molecule has 1 N–H and O–H groups in total. The molecule has 0 bridgehead atoms. The average molecular weight is 541 g/mol. The number of urea groups is 1. The van der Waals surface area contributed by atoms with Crippen molar-refractivity contribution in [3.05, 3.63) is 106 Å². The number of fused-ring (bicyclic) bond motifs is 1. The van der Waals surface area contributed by atoms with E-state index in [0.29, 0.717) is 46.5 Å². The lowest BCUT2D eigenvalue weighted by Gasteiger charge is -2.27. The zero-order chi connectivity index (χ0) is 27.5. The van der Waals surface area contributed by atoms with E-state index in [1.807, 2.05) is 31.2 Å². The van der Waals surface area contributed by atoms with E-state index in [9.17, 15) is 14.4 Å². The molecule has 4 aromatic carbocycles. The number of halogens is 1. The maximum absolute atomic E-state index is 13.3. The van der Waals surface area contributed by atoms with E-state index in [1.165, 1.54) is 6.08 Å². The minimum Gasteiger partial charge on any atom is -0.490 e. The van der Waals surface area contributed by atoms with Crippen LogP contribution in [-0.4, -0.2) is 24.5 Å². The van der Waals surface area contributed by atoms with Gasteiger partial charge in [0.15, 0.2) is 11.5 Å². The summed E-state index contributed by atoms with van der Waals surface area (Å²) in [6, 6.07) is 23.4. The van der Waals surface area contributed by atoms with Crippen LogP contribution >= 0.6 is 11.6 Å². The van der Waals surface area contributed by atoms with Gasteiger partial charge in [-0.3, -0.25) is 14.9 Å². The third-order valence-electron chi connectivity index (χ3n) is 6.42. The Bertz CT molecular complexity index is 1640. The normalized spacial score (nSPS) is 14.6. The fourth-order valence-corrected chi connectivity index (χ4v) is 4.63. The molecule has 4 aromatic rings. The highest BCUT2D eigenvalue weighted by Crippen LogP contribution is 2.33. The molecule has 0 unspecified atom stereocenters. The Labute approximate surface area is 230 Å². The molecule has 1 aliphatic heterocycles. The van der Waals surface area contributed by atoms with Crippen molar-refractivity contribution in [2.45, 2.75) is 20.5 Å². The molecule has 5 rings (SSSR count). The molecular formula is C31H25ClN2O5. The fourth-order valence-electron chi connectivity index (χ4n) is 4.46. The summed E-state index contributed by atoms with van der Waals surface area (Å²) in [6.45, 7) is 4.27. The number of amides is 4. The smallest absolute Gasteiger partial charge is 0.335 e. The Balaban J connectivity index is 1.44. The monoisotopic (exact) mass is 540 g/mol. The van der Waals surface area contributed by atoms with Gasteiger partial charge in [0.2, 0.25) is 0 Å². The van der Waals surface area contributed by atoms with Gasteiger partial charge in [-0.15, -0.1) is 0 Å². The molecule has 0 atom stereocenters. The lowest BCUT2D eigenvalue weighted by molar-refractivity contribution is -0.122. The van der Waals surface area contributed by atoms with Crippen molar-refractivity contribution in [2.24, 2.45) is 0 Å². The number of hydrogen-bond acceptors (Lipinski definition) is 5. The Morgan fingerprint density at radius 2 is 1.67 bits per heavy atom. The highest BCUT2D eigenvalue weighted by molar-refractivity contribution is 6.40. The summed E-state index contributed by atoms with van der Waals surface area (Å²) in [5.41, 5.74) is 2.22. The van der Waals surface area contributed by atoms with Gasteiger partial charge < -0.3 is 9.47 Å². The lowest BCUT2D eigenvalue weighted by Crippen LogP contribution is -2.54. The van der Waals surface area contributed by atoms with E-state index in [0.717, 1.165) is 21.2 Å². The van der Waals surface area contributed by atoms with Gasteiger partial charge in [0.05, 0.1) is 12.3 Å². The second-order valence-electron chi connectivity index (χ2n) is 8.91. The maximum Gasteiger partial charge on any atom is 0.335 e. The van der Waals surface area contributed by atoms with Crippen LogP contribution in [0.3, 0.4) is 0 Å². The van der Waals surface area contributed by atoms with Gasteiger partial charge in [-0.05, 0) is 71.7 Å². The number of rotatable bonds is 7. The van der Waals surface area contributed by atoms with Crippen LogP contribution in [0.4, 0.5) is 10.5 Å². The number of carbonyl (C=O) groups excluding carboxylic acids is 3. The van der Waals surface area contributed by atoms with Gasteiger partial charge in [-0.2, -0.15) is 0 Å². The quantitative estimate of drug-likeness (QED) is 0.215. The van der Waals surface area contributed by atoms with Gasteiger partial charge in [0.25, 0.3) is 11.8 Å². The number of anilines is 1. The predicted octanol–water partition coefficient (Wildman–Crippen LogP) is 6.45. The molecule has 0 spiro atoms. The second kappa shape index (κ2) is 11.0. The molecule has 0 radical (unpaired) electrons. The first-order valence-electron chi connectivity index (χ1n) is 12.4. The first kappa shape index (κ1) is 26.0. The summed E-state index contributed by atoms with van der Waals surface area (Å²) >= 11 is 6.20. The van der Waals surface area contributed by atoms with Crippen LogP contribution in [0.1, 0.15) is 23.6 Å². The molecule has 1 aliphatic rings. The van der Waals surface area contributed by atoms with E-state index < -0.39 is 17.8 Å². The summed E-state index contributed by atoms with van der Waals surface area (Å²) in [5.74, 6) is -0.536. The zero-order valence-electron chi connectivity index (χ0n) is 21.4. The van der Waals surface area contributed by atoms with E-state index in [-0.39, 0.29) is 5.57 Å². The molecule has 1 heterocycles. The Hall–Kier alpha value is -4.62. The number of carbonyl (C=O) groups is 3. The Morgan fingerprint density at radius 3 is 2.49 bits per heavy atom.